The number of carbonyl (C=O) groups is 1. The molecule has 0 saturated carbocycles. The zero-order valence-electron chi connectivity index (χ0n) is 17.9. The zero-order valence-corrected chi connectivity index (χ0v) is 18.7. The molecule has 1 aromatic heterocycles. The molecule has 2 N–H and O–H groups in total. The number of carboxylic acid groups (broad SMARTS) is 1. The van der Waals surface area contributed by atoms with Crippen LogP contribution in [-0.4, -0.2) is 43.9 Å². The first-order chi connectivity index (χ1) is 15.7. The van der Waals surface area contributed by atoms with Crippen molar-refractivity contribution < 1.29 is 22.7 Å². The molecule has 33 heavy (non-hydrogen) atoms. The van der Waals surface area contributed by atoms with Crippen molar-refractivity contribution >= 4 is 32.8 Å². The van der Waals surface area contributed by atoms with Gasteiger partial charge in [0.1, 0.15) is 11.8 Å². The zero-order chi connectivity index (χ0) is 23.6. The molecule has 3 aromatic rings. The van der Waals surface area contributed by atoms with E-state index in [1.54, 1.807) is 42.5 Å². The molecule has 0 radical (unpaired) electrons. The van der Waals surface area contributed by atoms with Crippen molar-refractivity contribution in [2.75, 3.05) is 24.1 Å². The van der Waals surface area contributed by atoms with Gasteiger partial charge in [0.15, 0.2) is 5.43 Å². The lowest BCUT2D eigenvalue weighted by atomic mass is 9.97. The molecule has 1 fully saturated rings. The third-order valence-corrected chi connectivity index (χ3v) is 6.07. The highest BCUT2D eigenvalue weighted by Crippen LogP contribution is 2.23. The van der Waals surface area contributed by atoms with Gasteiger partial charge in [0.2, 0.25) is 10.0 Å². The van der Waals surface area contributed by atoms with Gasteiger partial charge in [-0.1, -0.05) is 24.0 Å². The Labute approximate surface area is 190 Å². The van der Waals surface area contributed by atoms with Gasteiger partial charge < -0.3 is 14.4 Å². The van der Waals surface area contributed by atoms with Gasteiger partial charge >= 0.3 is 6.09 Å². The van der Waals surface area contributed by atoms with Crippen molar-refractivity contribution in [1.82, 2.24) is 4.90 Å². The number of piperidine rings is 1. The van der Waals surface area contributed by atoms with Crippen LogP contribution in [0.15, 0.2) is 57.9 Å². The molecule has 0 aliphatic carbocycles. The third-order valence-electron chi connectivity index (χ3n) is 5.46. The van der Waals surface area contributed by atoms with Crippen LogP contribution in [0, 0.1) is 17.8 Å². The minimum atomic E-state index is -3.38. The molecule has 0 bridgehead atoms. The summed E-state index contributed by atoms with van der Waals surface area (Å²) in [5, 5.41) is 9.45. The summed E-state index contributed by atoms with van der Waals surface area (Å²) < 4.78 is 30.8. The standard InChI is InChI=1S/C24H22N2O6S/c1-33(30,31)25-19-7-5-18(6-8-19)21-15-32-22-14-17(4-9-20(22)23(21)27)3-2-16-10-12-26(13-11-16)24(28)29/h4-9,14-16,25H,10-13H2,1H3,(H,28,29). The van der Waals surface area contributed by atoms with Crippen LogP contribution in [0.2, 0.25) is 0 Å². The van der Waals surface area contributed by atoms with Crippen molar-refractivity contribution in [2.24, 2.45) is 5.92 Å². The van der Waals surface area contributed by atoms with Crippen LogP contribution in [0.3, 0.4) is 0 Å². The summed E-state index contributed by atoms with van der Waals surface area (Å²) >= 11 is 0. The highest BCUT2D eigenvalue weighted by molar-refractivity contribution is 7.92. The topological polar surface area (TPSA) is 117 Å². The summed E-state index contributed by atoms with van der Waals surface area (Å²) in [5.74, 6) is 6.43. The molecule has 8 nitrogen and oxygen atoms in total. The van der Waals surface area contributed by atoms with E-state index in [9.17, 15) is 18.0 Å². The molecule has 1 amide bonds. The molecule has 1 saturated heterocycles. The lowest BCUT2D eigenvalue weighted by Crippen LogP contribution is -2.37. The quantitative estimate of drug-likeness (QED) is 0.570. The number of nitrogens with one attached hydrogen (secondary N) is 1. The van der Waals surface area contributed by atoms with Crippen molar-refractivity contribution in [1.29, 1.82) is 0 Å². The number of fused-ring (bicyclic) bond motifs is 1. The number of amides is 1. The van der Waals surface area contributed by atoms with E-state index < -0.39 is 16.1 Å². The van der Waals surface area contributed by atoms with E-state index in [1.807, 2.05) is 0 Å². The fourth-order valence-corrected chi connectivity index (χ4v) is 4.30. The van der Waals surface area contributed by atoms with Gasteiger partial charge in [0.05, 0.1) is 17.2 Å². The normalized spacial score (nSPS) is 14.5. The lowest BCUT2D eigenvalue weighted by Gasteiger charge is -2.27. The third kappa shape index (κ3) is 5.35. The fraction of sp³-hybridized carbons (Fsp3) is 0.250. The number of likely N-dealkylation sites (tertiary alicyclic amines) is 1. The highest BCUT2D eigenvalue weighted by atomic mass is 32.2. The van der Waals surface area contributed by atoms with Crippen LogP contribution in [0.25, 0.3) is 22.1 Å². The Hall–Kier alpha value is -3.77. The Bertz CT molecular complexity index is 1420. The van der Waals surface area contributed by atoms with Crippen molar-refractivity contribution in [2.45, 2.75) is 12.8 Å². The van der Waals surface area contributed by atoms with Gasteiger partial charge in [-0.05, 0) is 48.7 Å². The second-order valence-corrected chi connectivity index (χ2v) is 9.70. The molecule has 0 atom stereocenters. The van der Waals surface area contributed by atoms with Crippen molar-refractivity contribution in [3.05, 3.63) is 64.5 Å². The van der Waals surface area contributed by atoms with Crippen LogP contribution < -0.4 is 10.2 Å². The molecular weight excluding hydrogens is 444 g/mol. The summed E-state index contributed by atoms with van der Waals surface area (Å²) in [6, 6.07) is 11.6. The summed E-state index contributed by atoms with van der Waals surface area (Å²) in [6.07, 6.45) is 2.96. The van der Waals surface area contributed by atoms with E-state index in [1.165, 1.54) is 11.2 Å². The summed E-state index contributed by atoms with van der Waals surface area (Å²) in [7, 11) is -3.38. The smallest absolute Gasteiger partial charge is 0.407 e. The van der Waals surface area contributed by atoms with Crippen molar-refractivity contribution in [3.63, 3.8) is 0 Å². The van der Waals surface area contributed by atoms with E-state index in [2.05, 4.69) is 16.6 Å². The molecular formula is C24H22N2O6S. The number of hydrogen-bond acceptors (Lipinski definition) is 5. The average molecular weight is 467 g/mol. The van der Waals surface area contributed by atoms with Crippen LogP contribution in [0.5, 0.6) is 0 Å². The minimum absolute atomic E-state index is 0.130. The second kappa shape index (κ2) is 9.00. The van der Waals surface area contributed by atoms with E-state index in [4.69, 9.17) is 9.52 Å². The van der Waals surface area contributed by atoms with Gasteiger partial charge in [-0.3, -0.25) is 9.52 Å². The first kappa shape index (κ1) is 22.4. The van der Waals surface area contributed by atoms with Gasteiger partial charge in [-0.2, -0.15) is 0 Å². The number of rotatable bonds is 3. The number of anilines is 1. The first-order valence-corrected chi connectivity index (χ1v) is 12.2. The molecule has 0 unspecified atom stereocenters. The fourth-order valence-electron chi connectivity index (χ4n) is 3.74. The largest absolute Gasteiger partial charge is 0.465 e. The predicted octanol–water partition coefficient (Wildman–Crippen LogP) is 3.57. The average Bonchev–Trinajstić information content (AvgIpc) is 2.78. The summed E-state index contributed by atoms with van der Waals surface area (Å²) in [4.78, 5) is 25.4. The molecule has 9 heteroatoms. The molecule has 2 heterocycles. The number of hydrogen-bond donors (Lipinski definition) is 2. The SMILES string of the molecule is CS(=O)(=O)Nc1ccc(-c2coc3cc(C#CC4CCN(C(=O)O)CC4)ccc3c2=O)cc1. The molecule has 170 valence electrons. The Morgan fingerprint density at radius 2 is 1.85 bits per heavy atom. The van der Waals surface area contributed by atoms with Gasteiger partial charge in [-0.25, -0.2) is 13.2 Å². The number of sulfonamides is 1. The first-order valence-electron chi connectivity index (χ1n) is 10.3. The van der Waals surface area contributed by atoms with E-state index in [-0.39, 0.29) is 11.3 Å². The lowest BCUT2D eigenvalue weighted by molar-refractivity contribution is 0.130. The monoisotopic (exact) mass is 466 g/mol. The Balaban J connectivity index is 1.54. The molecule has 1 aliphatic rings. The van der Waals surface area contributed by atoms with Gasteiger partial charge in [-0.15, -0.1) is 0 Å². The number of benzene rings is 2. The highest BCUT2D eigenvalue weighted by Gasteiger charge is 2.20. The van der Waals surface area contributed by atoms with Crippen LogP contribution in [0.1, 0.15) is 18.4 Å². The van der Waals surface area contributed by atoms with Crippen molar-refractivity contribution in [3.8, 4) is 23.0 Å². The minimum Gasteiger partial charge on any atom is -0.465 e. The molecule has 2 aromatic carbocycles. The second-order valence-electron chi connectivity index (χ2n) is 7.95. The maximum absolute atomic E-state index is 13.0. The Morgan fingerprint density at radius 1 is 1.15 bits per heavy atom. The van der Waals surface area contributed by atoms with Crippen LogP contribution in [0.4, 0.5) is 10.5 Å². The van der Waals surface area contributed by atoms with Gasteiger partial charge in [0, 0.05) is 30.3 Å². The molecule has 4 rings (SSSR count). The van der Waals surface area contributed by atoms with E-state index >= 15 is 0 Å². The summed E-state index contributed by atoms with van der Waals surface area (Å²) in [6.45, 7) is 0.963. The van der Waals surface area contributed by atoms with Gasteiger partial charge in [0.25, 0.3) is 0 Å². The van der Waals surface area contributed by atoms with E-state index in [0.717, 1.165) is 11.8 Å². The number of nitrogens with zero attached hydrogens (tertiary/aromatic N) is 1. The Morgan fingerprint density at radius 3 is 2.48 bits per heavy atom. The molecule has 0 spiro atoms. The maximum Gasteiger partial charge on any atom is 0.407 e. The molecule has 1 aliphatic heterocycles. The van der Waals surface area contributed by atoms with E-state index in [0.29, 0.717) is 53.7 Å². The summed E-state index contributed by atoms with van der Waals surface area (Å²) in [5.41, 5.74) is 2.34. The Kier molecular flexibility index (Phi) is 6.11. The maximum atomic E-state index is 13.0. The predicted molar refractivity (Wildman–Crippen MR) is 126 cm³/mol. The van der Waals surface area contributed by atoms with Crippen LogP contribution >= 0.6 is 0 Å². The van der Waals surface area contributed by atoms with Crippen LogP contribution in [-0.2, 0) is 10.0 Å².